The van der Waals surface area contributed by atoms with Gasteiger partial charge < -0.3 is 20.4 Å². The van der Waals surface area contributed by atoms with Gasteiger partial charge in [0.2, 0.25) is 11.8 Å². The third-order valence-electron chi connectivity index (χ3n) is 4.81. The summed E-state index contributed by atoms with van der Waals surface area (Å²) in [5.74, 6) is -0.344. The Morgan fingerprint density at radius 1 is 1.03 bits per heavy atom. The van der Waals surface area contributed by atoms with Crippen LogP contribution in [0.25, 0.3) is 11.5 Å². The fourth-order valence-electron chi connectivity index (χ4n) is 2.94. The van der Waals surface area contributed by atoms with Gasteiger partial charge in [-0.3, -0.25) is 19.2 Å². The lowest BCUT2D eigenvalue weighted by molar-refractivity contribution is -0.124. The maximum atomic E-state index is 12.5. The number of benzene rings is 1. The highest BCUT2D eigenvalue weighted by atomic mass is 16.3. The predicted octanol–water partition coefficient (Wildman–Crippen LogP) is 1.96. The second-order valence-corrected chi connectivity index (χ2v) is 7.18. The van der Waals surface area contributed by atoms with Crippen LogP contribution in [0.2, 0.25) is 0 Å². The van der Waals surface area contributed by atoms with E-state index >= 15 is 0 Å². The minimum Gasteiger partial charge on any atom is -0.463 e. The standard InChI is InChI=1S/C23H25N5O5/c1-3-20(29)26-17-8-6-16(7-9-17)23(32)25-13-12-24-22(31)15(2)28-21(30)11-10-18(27-28)19-5-4-14-33-19/h4-11,14-15H,3,12-13H2,1-2H3,(H,24,31)(H,25,32)(H,26,29). The maximum Gasteiger partial charge on any atom is 0.267 e. The summed E-state index contributed by atoms with van der Waals surface area (Å²) in [6.45, 7) is 3.68. The zero-order chi connectivity index (χ0) is 23.8. The number of carbonyl (C=O) groups is 3. The average Bonchev–Trinajstić information content (AvgIpc) is 3.37. The largest absolute Gasteiger partial charge is 0.463 e. The van der Waals surface area contributed by atoms with Gasteiger partial charge >= 0.3 is 0 Å². The van der Waals surface area contributed by atoms with Crippen molar-refractivity contribution in [2.24, 2.45) is 0 Å². The first-order chi connectivity index (χ1) is 15.9. The number of hydrogen-bond acceptors (Lipinski definition) is 6. The number of anilines is 1. The van der Waals surface area contributed by atoms with E-state index in [0.717, 1.165) is 4.68 Å². The summed E-state index contributed by atoms with van der Waals surface area (Å²) in [6.07, 6.45) is 1.86. The summed E-state index contributed by atoms with van der Waals surface area (Å²) in [5, 5.41) is 12.3. The van der Waals surface area contributed by atoms with Crippen molar-refractivity contribution < 1.29 is 18.8 Å². The van der Waals surface area contributed by atoms with Crippen molar-refractivity contribution in [2.75, 3.05) is 18.4 Å². The van der Waals surface area contributed by atoms with E-state index in [2.05, 4.69) is 21.0 Å². The molecule has 0 fully saturated rings. The molecule has 0 aliphatic heterocycles. The summed E-state index contributed by atoms with van der Waals surface area (Å²) in [4.78, 5) is 48.3. The lowest BCUT2D eigenvalue weighted by Crippen LogP contribution is -2.40. The van der Waals surface area contributed by atoms with E-state index in [1.807, 2.05) is 0 Å². The number of amides is 3. The molecule has 1 aromatic carbocycles. The van der Waals surface area contributed by atoms with Crippen molar-refractivity contribution in [3.05, 3.63) is 70.7 Å². The van der Waals surface area contributed by atoms with Crippen LogP contribution in [0.5, 0.6) is 0 Å². The van der Waals surface area contributed by atoms with Crippen molar-refractivity contribution in [2.45, 2.75) is 26.3 Å². The average molecular weight is 451 g/mol. The van der Waals surface area contributed by atoms with E-state index in [9.17, 15) is 19.2 Å². The molecule has 1 unspecified atom stereocenters. The number of nitrogens with zero attached hydrogens (tertiary/aromatic N) is 2. The van der Waals surface area contributed by atoms with Crippen molar-refractivity contribution in [3.8, 4) is 11.5 Å². The Morgan fingerprint density at radius 3 is 2.42 bits per heavy atom. The van der Waals surface area contributed by atoms with Gasteiger partial charge in [-0.15, -0.1) is 0 Å². The maximum absolute atomic E-state index is 12.5. The molecule has 2 heterocycles. The van der Waals surface area contributed by atoms with Gasteiger partial charge in [-0.1, -0.05) is 6.92 Å². The zero-order valence-corrected chi connectivity index (χ0v) is 18.3. The molecule has 3 N–H and O–H groups in total. The quantitative estimate of drug-likeness (QED) is 0.426. The third kappa shape index (κ3) is 6.16. The molecule has 3 rings (SSSR count). The Balaban J connectivity index is 1.49. The first-order valence-corrected chi connectivity index (χ1v) is 10.5. The Bertz CT molecular complexity index is 1170. The van der Waals surface area contributed by atoms with Gasteiger partial charge in [0, 0.05) is 36.8 Å². The fraction of sp³-hybridized carbons (Fsp3) is 0.261. The zero-order valence-electron chi connectivity index (χ0n) is 18.3. The molecule has 1 atom stereocenters. The number of carbonyl (C=O) groups excluding carboxylic acids is 3. The topological polar surface area (TPSA) is 135 Å². The lowest BCUT2D eigenvalue weighted by Gasteiger charge is -2.15. The smallest absolute Gasteiger partial charge is 0.267 e. The second kappa shape index (κ2) is 10.9. The summed E-state index contributed by atoms with van der Waals surface area (Å²) >= 11 is 0. The van der Waals surface area contributed by atoms with E-state index in [-0.39, 0.29) is 24.9 Å². The first-order valence-electron chi connectivity index (χ1n) is 10.5. The molecule has 0 aliphatic carbocycles. The van der Waals surface area contributed by atoms with Crippen molar-refractivity contribution in [1.82, 2.24) is 20.4 Å². The molecule has 0 aliphatic rings. The van der Waals surface area contributed by atoms with Crippen LogP contribution in [0.4, 0.5) is 5.69 Å². The molecule has 0 saturated heterocycles. The number of hydrogen-bond donors (Lipinski definition) is 3. The highest BCUT2D eigenvalue weighted by Crippen LogP contribution is 2.16. The van der Waals surface area contributed by atoms with Crippen LogP contribution in [0.1, 0.15) is 36.7 Å². The monoisotopic (exact) mass is 451 g/mol. The van der Waals surface area contributed by atoms with Gasteiger partial charge in [0.05, 0.1) is 6.26 Å². The van der Waals surface area contributed by atoms with Crippen LogP contribution < -0.4 is 21.5 Å². The van der Waals surface area contributed by atoms with E-state index in [0.29, 0.717) is 29.1 Å². The van der Waals surface area contributed by atoms with Gasteiger partial charge in [-0.2, -0.15) is 5.10 Å². The molecule has 0 spiro atoms. The molecule has 0 bridgehead atoms. The van der Waals surface area contributed by atoms with Crippen LogP contribution in [0.15, 0.2) is 64.0 Å². The SMILES string of the molecule is CCC(=O)Nc1ccc(C(=O)NCCNC(=O)C(C)n2nc(-c3ccco3)ccc2=O)cc1. The van der Waals surface area contributed by atoms with Crippen LogP contribution in [0, 0.1) is 0 Å². The van der Waals surface area contributed by atoms with E-state index in [1.54, 1.807) is 50.2 Å². The predicted molar refractivity (Wildman–Crippen MR) is 122 cm³/mol. The van der Waals surface area contributed by atoms with Crippen LogP contribution in [-0.2, 0) is 9.59 Å². The van der Waals surface area contributed by atoms with Crippen molar-refractivity contribution >= 4 is 23.4 Å². The summed E-state index contributed by atoms with van der Waals surface area (Å²) in [7, 11) is 0. The molecule has 3 aromatic rings. The number of nitrogens with one attached hydrogen (secondary N) is 3. The van der Waals surface area contributed by atoms with Crippen LogP contribution >= 0.6 is 0 Å². The van der Waals surface area contributed by atoms with Gasteiger partial charge in [0.25, 0.3) is 11.5 Å². The number of aromatic nitrogens is 2. The normalized spacial score (nSPS) is 11.5. The van der Waals surface area contributed by atoms with Crippen molar-refractivity contribution in [3.63, 3.8) is 0 Å². The molecule has 33 heavy (non-hydrogen) atoms. The molecular weight excluding hydrogens is 426 g/mol. The van der Waals surface area contributed by atoms with Gasteiger partial charge in [-0.05, 0) is 49.4 Å². The van der Waals surface area contributed by atoms with Crippen LogP contribution in [-0.4, -0.2) is 40.6 Å². The highest BCUT2D eigenvalue weighted by molar-refractivity contribution is 5.95. The first kappa shape index (κ1) is 23.5. The van der Waals surface area contributed by atoms with Crippen LogP contribution in [0.3, 0.4) is 0 Å². The molecular formula is C23H25N5O5. The molecule has 10 heteroatoms. The third-order valence-corrected chi connectivity index (χ3v) is 4.81. The molecule has 0 radical (unpaired) electrons. The Labute approximate surface area is 190 Å². The Morgan fingerprint density at radius 2 is 1.76 bits per heavy atom. The second-order valence-electron chi connectivity index (χ2n) is 7.18. The molecule has 3 amide bonds. The minimum absolute atomic E-state index is 0.109. The van der Waals surface area contributed by atoms with E-state index in [4.69, 9.17) is 4.42 Å². The van der Waals surface area contributed by atoms with Gasteiger partial charge in [0.1, 0.15) is 11.7 Å². The van der Waals surface area contributed by atoms with Gasteiger partial charge in [0.15, 0.2) is 5.76 Å². The number of rotatable bonds is 9. The fourth-order valence-corrected chi connectivity index (χ4v) is 2.94. The van der Waals surface area contributed by atoms with E-state index in [1.165, 1.54) is 18.4 Å². The lowest BCUT2D eigenvalue weighted by atomic mass is 10.2. The molecule has 10 nitrogen and oxygen atoms in total. The minimum atomic E-state index is -0.853. The summed E-state index contributed by atoms with van der Waals surface area (Å²) in [6, 6.07) is 11.9. The highest BCUT2D eigenvalue weighted by Gasteiger charge is 2.18. The summed E-state index contributed by atoms with van der Waals surface area (Å²) < 4.78 is 6.37. The number of furan rings is 1. The van der Waals surface area contributed by atoms with Gasteiger partial charge in [-0.25, -0.2) is 4.68 Å². The van der Waals surface area contributed by atoms with E-state index < -0.39 is 17.5 Å². The molecule has 0 saturated carbocycles. The Kier molecular flexibility index (Phi) is 7.74. The van der Waals surface area contributed by atoms with Crippen molar-refractivity contribution in [1.29, 1.82) is 0 Å². The summed E-state index contributed by atoms with van der Waals surface area (Å²) in [5.41, 5.74) is 1.06. The molecule has 172 valence electrons. The Hall–Kier alpha value is -4.21. The molecule has 2 aromatic heterocycles.